The van der Waals surface area contributed by atoms with Gasteiger partial charge in [0.25, 0.3) is 0 Å². The van der Waals surface area contributed by atoms with Gasteiger partial charge in [0.05, 0.1) is 29.1 Å². The van der Waals surface area contributed by atoms with Crippen molar-refractivity contribution < 1.29 is 27.9 Å². The van der Waals surface area contributed by atoms with Crippen molar-refractivity contribution in [2.45, 2.75) is 82.2 Å². The summed E-state index contributed by atoms with van der Waals surface area (Å²) in [5.74, 6) is -0.0537. The monoisotopic (exact) mass is 399 g/mol. The summed E-state index contributed by atoms with van der Waals surface area (Å²) in [6.07, 6.45) is 0.143. The van der Waals surface area contributed by atoms with Gasteiger partial charge < -0.3 is 14.7 Å². The molecule has 1 saturated carbocycles. The molecule has 2 aliphatic rings. The number of alkyl halides is 3. The predicted molar refractivity (Wildman–Crippen MR) is 93.6 cm³/mol. The first-order valence-corrected chi connectivity index (χ1v) is 9.50. The van der Waals surface area contributed by atoms with Crippen molar-refractivity contribution in [1.29, 1.82) is 0 Å². The van der Waals surface area contributed by atoms with Gasteiger partial charge in [0.2, 0.25) is 5.60 Å². The van der Waals surface area contributed by atoms with Crippen LogP contribution in [0.3, 0.4) is 0 Å². The van der Waals surface area contributed by atoms with Gasteiger partial charge in [-0.15, -0.1) is 0 Å². The summed E-state index contributed by atoms with van der Waals surface area (Å²) in [7, 11) is 0. The van der Waals surface area contributed by atoms with E-state index >= 15 is 0 Å². The van der Waals surface area contributed by atoms with Crippen molar-refractivity contribution in [2.24, 2.45) is 0 Å². The van der Waals surface area contributed by atoms with Crippen LogP contribution in [0.1, 0.15) is 75.4 Å². The van der Waals surface area contributed by atoms with E-state index < -0.39 is 23.1 Å². The van der Waals surface area contributed by atoms with Crippen LogP contribution >= 0.6 is 0 Å². The Bertz CT molecular complexity index is 888. The van der Waals surface area contributed by atoms with Gasteiger partial charge in [-0.05, 0) is 51.9 Å². The second kappa shape index (κ2) is 6.06. The molecule has 2 N–H and O–H groups in total. The van der Waals surface area contributed by atoms with Crippen LogP contribution in [0.4, 0.5) is 13.2 Å². The highest BCUT2D eigenvalue weighted by molar-refractivity contribution is 5.68. The van der Waals surface area contributed by atoms with E-state index in [4.69, 9.17) is 4.52 Å². The summed E-state index contributed by atoms with van der Waals surface area (Å²) >= 11 is 0. The Labute approximate surface area is 160 Å². The first-order valence-electron chi connectivity index (χ1n) is 9.50. The van der Waals surface area contributed by atoms with Crippen LogP contribution in [0.25, 0.3) is 11.3 Å². The number of hydrogen-bond donors (Lipinski definition) is 2. The summed E-state index contributed by atoms with van der Waals surface area (Å²) in [4.78, 5) is 0. The Balaban J connectivity index is 1.73. The van der Waals surface area contributed by atoms with E-state index in [1.54, 1.807) is 13.1 Å². The Morgan fingerprint density at radius 3 is 2.54 bits per heavy atom. The first-order chi connectivity index (χ1) is 12.9. The lowest BCUT2D eigenvalue weighted by atomic mass is 9.81. The van der Waals surface area contributed by atoms with Crippen LogP contribution in [0.2, 0.25) is 0 Å². The SMILES string of the molecule is C[C@@H]1Cc2c(cnn2C2CCC(C)(O)CC2)-c2onc([C@](C)(O)C(F)(F)F)c21. The topological polar surface area (TPSA) is 84.3 Å². The quantitative estimate of drug-likeness (QED) is 0.802. The molecule has 2 heterocycles. The van der Waals surface area contributed by atoms with Crippen LogP contribution in [0, 0.1) is 0 Å². The Kier molecular flexibility index (Phi) is 4.21. The van der Waals surface area contributed by atoms with Crippen LogP contribution in [-0.2, 0) is 12.0 Å². The third-order valence-corrected chi connectivity index (χ3v) is 6.25. The molecule has 0 spiro atoms. The lowest BCUT2D eigenvalue weighted by molar-refractivity contribution is -0.261. The number of aliphatic hydroxyl groups is 2. The van der Waals surface area contributed by atoms with E-state index in [1.807, 2.05) is 11.6 Å². The summed E-state index contributed by atoms with van der Waals surface area (Å²) in [6.45, 7) is 4.33. The lowest BCUT2D eigenvalue weighted by Crippen LogP contribution is -2.40. The van der Waals surface area contributed by atoms with Gasteiger partial charge in [-0.1, -0.05) is 12.1 Å². The van der Waals surface area contributed by atoms with E-state index in [1.165, 1.54) is 0 Å². The molecule has 0 saturated heterocycles. The minimum atomic E-state index is -4.86. The second-order valence-electron chi connectivity index (χ2n) is 8.63. The highest BCUT2D eigenvalue weighted by Gasteiger charge is 2.55. The van der Waals surface area contributed by atoms with Crippen LogP contribution in [-0.4, -0.2) is 36.9 Å². The molecular formula is C19H24F3N3O3. The van der Waals surface area contributed by atoms with Crippen molar-refractivity contribution in [3.8, 4) is 11.3 Å². The molecule has 2 aromatic heterocycles. The number of rotatable bonds is 2. The molecule has 0 radical (unpaired) electrons. The van der Waals surface area contributed by atoms with Crippen molar-refractivity contribution in [1.82, 2.24) is 14.9 Å². The minimum absolute atomic E-state index is 0.137. The van der Waals surface area contributed by atoms with Crippen LogP contribution in [0.5, 0.6) is 0 Å². The van der Waals surface area contributed by atoms with Crippen LogP contribution in [0.15, 0.2) is 10.7 Å². The molecule has 1 fully saturated rings. The zero-order chi connectivity index (χ0) is 20.5. The van der Waals surface area contributed by atoms with Gasteiger partial charge in [-0.25, -0.2) is 0 Å². The molecule has 0 unspecified atom stereocenters. The molecule has 9 heteroatoms. The van der Waals surface area contributed by atoms with E-state index in [-0.39, 0.29) is 17.7 Å². The second-order valence-corrected chi connectivity index (χ2v) is 8.63. The van der Waals surface area contributed by atoms with E-state index in [0.717, 1.165) is 18.5 Å². The first kappa shape index (κ1) is 19.4. The molecule has 28 heavy (non-hydrogen) atoms. The van der Waals surface area contributed by atoms with Crippen molar-refractivity contribution >= 4 is 0 Å². The maximum Gasteiger partial charge on any atom is 0.422 e. The van der Waals surface area contributed by atoms with Gasteiger partial charge in [0.1, 0.15) is 5.69 Å². The van der Waals surface area contributed by atoms with E-state index in [9.17, 15) is 23.4 Å². The average molecular weight is 399 g/mol. The normalized spacial score (nSPS) is 29.9. The Hall–Kier alpha value is -1.87. The molecule has 2 aromatic rings. The number of halogens is 3. The number of hydrogen-bond acceptors (Lipinski definition) is 5. The molecule has 0 aromatic carbocycles. The molecule has 4 rings (SSSR count). The molecule has 0 bridgehead atoms. The fraction of sp³-hybridized carbons (Fsp3) is 0.684. The number of aromatic nitrogens is 3. The van der Waals surface area contributed by atoms with E-state index in [0.29, 0.717) is 37.3 Å². The molecular weight excluding hydrogens is 375 g/mol. The average Bonchev–Trinajstić information content (AvgIpc) is 3.18. The molecule has 2 aliphatic carbocycles. The smallest absolute Gasteiger partial charge is 0.390 e. The molecule has 6 nitrogen and oxygen atoms in total. The molecule has 0 amide bonds. The fourth-order valence-electron chi connectivity index (χ4n) is 4.39. The summed E-state index contributed by atoms with van der Waals surface area (Å²) in [5.41, 5.74) is -2.40. The van der Waals surface area contributed by atoms with Crippen molar-refractivity contribution in [3.63, 3.8) is 0 Å². The summed E-state index contributed by atoms with van der Waals surface area (Å²) in [6, 6.07) is 0.137. The zero-order valence-electron chi connectivity index (χ0n) is 16.0. The number of fused-ring (bicyclic) bond motifs is 3. The predicted octanol–water partition coefficient (Wildman–Crippen LogP) is 3.83. The van der Waals surface area contributed by atoms with Crippen LogP contribution < -0.4 is 0 Å². The summed E-state index contributed by atoms with van der Waals surface area (Å²) in [5, 5.41) is 28.4. The van der Waals surface area contributed by atoms with Gasteiger partial charge in [-0.3, -0.25) is 4.68 Å². The zero-order valence-corrected chi connectivity index (χ0v) is 16.0. The van der Waals surface area contributed by atoms with Crippen molar-refractivity contribution in [3.05, 3.63) is 23.1 Å². The maximum atomic E-state index is 13.3. The summed E-state index contributed by atoms with van der Waals surface area (Å²) < 4.78 is 47.2. The van der Waals surface area contributed by atoms with Crippen molar-refractivity contribution in [2.75, 3.05) is 0 Å². The highest BCUT2D eigenvalue weighted by atomic mass is 19.4. The highest BCUT2D eigenvalue weighted by Crippen LogP contribution is 2.48. The molecule has 154 valence electrons. The maximum absolute atomic E-state index is 13.3. The van der Waals surface area contributed by atoms with E-state index in [2.05, 4.69) is 10.3 Å². The Morgan fingerprint density at radius 2 is 1.93 bits per heavy atom. The Morgan fingerprint density at radius 1 is 1.29 bits per heavy atom. The van der Waals surface area contributed by atoms with Gasteiger partial charge in [0.15, 0.2) is 5.76 Å². The third kappa shape index (κ3) is 2.86. The number of nitrogens with zero attached hydrogens (tertiary/aromatic N) is 3. The minimum Gasteiger partial charge on any atom is -0.390 e. The largest absolute Gasteiger partial charge is 0.422 e. The fourth-order valence-corrected chi connectivity index (χ4v) is 4.39. The van der Waals surface area contributed by atoms with Gasteiger partial charge in [-0.2, -0.15) is 18.3 Å². The van der Waals surface area contributed by atoms with Gasteiger partial charge >= 0.3 is 6.18 Å². The molecule has 0 aliphatic heterocycles. The third-order valence-electron chi connectivity index (χ3n) is 6.25. The molecule has 2 atom stereocenters. The van der Waals surface area contributed by atoms with Gasteiger partial charge in [0, 0.05) is 5.56 Å². The standard InChI is InChI=1S/C19H24F3N3O3/c1-10-8-13-12(9-23-25(13)11-4-6-17(2,26)7-5-11)15-14(10)16(24-28-15)18(3,27)19(20,21)22/h9-11,26-27H,4-8H2,1-3H3/t10-,11?,17?,18+/m1/s1. The lowest BCUT2D eigenvalue weighted by Gasteiger charge is -2.34.